The van der Waals surface area contributed by atoms with Crippen LogP contribution in [0.4, 0.5) is 5.82 Å². The lowest BCUT2D eigenvalue weighted by Gasteiger charge is -2.31. The Labute approximate surface area is 142 Å². The van der Waals surface area contributed by atoms with Gasteiger partial charge in [-0.1, -0.05) is 0 Å². The monoisotopic (exact) mass is 332 g/mol. The minimum Gasteiger partial charge on any atom is -0.462 e. The number of aromatic nitrogens is 1. The molecule has 1 amide bonds. The van der Waals surface area contributed by atoms with E-state index in [1.807, 2.05) is 11.0 Å². The average Bonchev–Trinajstić information content (AvgIpc) is 2.79. The van der Waals surface area contributed by atoms with Gasteiger partial charge in [0.05, 0.1) is 18.1 Å². The van der Waals surface area contributed by atoms with Gasteiger partial charge in [0.25, 0.3) is 0 Å². The van der Waals surface area contributed by atoms with Crippen molar-refractivity contribution in [2.75, 3.05) is 50.8 Å². The highest BCUT2D eigenvalue weighted by Crippen LogP contribution is 2.17. The zero-order valence-electron chi connectivity index (χ0n) is 14.0. The molecule has 0 spiro atoms. The summed E-state index contributed by atoms with van der Waals surface area (Å²) < 4.78 is 4.97. The van der Waals surface area contributed by atoms with E-state index in [-0.39, 0.29) is 17.8 Å². The molecule has 0 radical (unpaired) electrons. The van der Waals surface area contributed by atoms with Crippen LogP contribution in [0.25, 0.3) is 0 Å². The number of hydrogen-bond donors (Lipinski definition) is 1. The summed E-state index contributed by atoms with van der Waals surface area (Å²) in [5, 5.41) is 3.15. The summed E-state index contributed by atoms with van der Waals surface area (Å²) >= 11 is 0. The maximum atomic E-state index is 12.4. The Morgan fingerprint density at radius 2 is 2.08 bits per heavy atom. The van der Waals surface area contributed by atoms with E-state index in [1.165, 1.54) is 0 Å². The van der Waals surface area contributed by atoms with Gasteiger partial charge >= 0.3 is 5.97 Å². The quantitative estimate of drug-likeness (QED) is 0.810. The van der Waals surface area contributed by atoms with Gasteiger partial charge in [-0.05, 0) is 25.5 Å². The Hall–Kier alpha value is -2.15. The third-order valence-electron chi connectivity index (χ3n) is 4.52. The number of rotatable bonds is 4. The summed E-state index contributed by atoms with van der Waals surface area (Å²) in [6.07, 6.45) is 2.48. The van der Waals surface area contributed by atoms with Crippen LogP contribution in [0.2, 0.25) is 0 Å². The van der Waals surface area contributed by atoms with Crippen LogP contribution in [0.1, 0.15) is 23.7 Å². The predicted octanol–water partition coefficient (Wildman–Crippen LogP) is 0.516. The molecular formula is C17H24N4O3. The van der Waals surface area contributed by atoms with Crippen molar-refractivity contribution in [3.8, 4) is 0 Å². The molecule has 24 heavy (non-hydrogen) atoms. The number of esters is 1. The van der Waals surface area contributed by atoms with Crippen molar-refractivity contribution in [2.24, 2.45) is 5.92 Å². The molecule has 0 aliphatic carbocycles. The number of anilines is 1. The van der Waals surface area contributed by atoms with E-state index in [0.29, 0.717) is 12.2 Å². The number of carbonyl (C=O) groups is 2. The van der Waals surface area contributed by atoms with Gasteiger partial charge in [0.15, 0.2) is 0 Å². The van der Waals surface area contributed by atoms with Crippen LogP contribution in [0.3, 0.4) is 0 Å². The third kappa shape index (κ3) is 3.67. The van der Waals surface area contributed by atoms with Gasteiger partial charge in [-0.3, -0.25) is 4.79 Å². The fourth-order valence-corrected chi connectivity index (χ4v) is 3.00. The van der Waals surface area contributed by atoms with Crippen LogP contribution in [-0.2, 0) is 9.53 Å². The molecule has 2 aliphatic rings. The van der Waals surface area contributed by atoms with E-state index in [1.54, 1.807) is 19.2 Å². The smallest absolute Gasteiger partial charge is 0.339 e. The Kier molecular flexibility index (Phi) is 5.30. The SMILES string of the molecule is CCOC(=O)c1ccc(N2CCCN(C(=O)C3CNC3)CC2)nc1. The van der Waals surface area contributed by atoms with Gasteiger partial charge < -0.3 is 19.9 Å². The van der Waals surface area contributed by atoms with Gasteiger partial charge in [-0.15, -0.1) is 0 Å². The number of nitrogens with zero attached hydrogens (tertiary/aromatic N) is 3. The molecule has 3 heterocycles. The van der Waals surface area contributed by atoms with Crippen LogP contribution in [0.5, 0.6) is 0 Å². The predicted molar refractivity (Wildman–Crippen MR) is 90.0 cm³/mol. The van der Waals surface area contributed by atoms with Crippen LogP contribution >= 0.6 is 0 Å². The van der Waals surface area contributed by atoms with Crippen molar-refractivity contribution in [2.45, 2.75) is 13.3 Å². The Morgan fingerprint density at radius 1 is 1.25 bits per heavy atom. The Balaban J connectivity index is 1.59. The molecule has 2 aliphatic heterocycles. The van der Waals surface area contributed by atoms with E-state index >= 15 is 0 Å². The normalized spacial score (nSPS) is 18.7. The summed E-state index contributed by atoms with van der Waals surface area (Å²) in [5.74, 6) is 0.903. The zero-order chi connectivity index (χ0) is 16.9. The zero-order valence-corrected chi connectivity index (χ0v) is 14.0. The molecule has 7 heteroatoms. The first-order valence-corrected chi connectivity index (χ1v) is 8.56. The summed E-state index contributed by atoms with van der Waals surface area (Å²) in [6.45, 7) is 6.88. The Bertz CT molecular complexity index is 586. The number of hydrogen-bond acceptors (Lipinski definition) is 6. The fraction of sp³-hybridized carbons (Fsp3) is 0.588. The first kappa shape index (κ1) is 16.7. The molecule has 3 rings (SSSR count). The topological polar surface area (TPSA) is 74.8 Å². The van der Waals surface area contributed by atoms with Crippen molar-refractivity contribution in [3.05, 3.63) is 23.9 Å². The van der Waals surface area contributed by atoms with Crippen molar-refractivity contribution in [3.63, 3.8) is 0 Å². The fourth-order valence-electron chi connectivity index (χ4n) is 3.00. The van der Waals surface area contributed by atoms with Crippen molar-refractivity contribution in [1.29, 1.82) is 0 Å². The van der Waals surface area contributed by atoms with E-state index in [4.69, 9.17) is 4.74 Å². The van der Waals surface area contributed by atoms with Gasteiger partial charge in [0, 0.05) is 45.5 Å². The minimum absolute atomic E-state index is 0.151. The maximum absolute atomic E-state index is 12.4. The highest BCUT2D eigenvalue weighted by atomic mass is 16.5. The van der Waals surface area contributed by atoms with Crippen LogP contribution < -0.4 is 10.2 Å². The van der Waals surface area contributed by atoms with Gasteiger partial charge in [0.2, 0.25) is 5.91 Å². The number of carbonyl (C=O) groups excluding carboxylic acids is 2. The molecule has 1 aromatic heterocycles. The molecular weight excluding hydrogens is 308 g/mol. The maximum Gasteiger partial charge on any atom is 0.339 e. The Morgan fingerprint density at radius 3 is 2.71 bits per heavy atom. The average molecular weight is 332 g/mol. The van der Waals surface area contributed by atoms with Gasteiger partial charge in [-0.2, -0.15) is 0 Å². The highest BCUT2D eigenvalue weighted by molar-refractivity contribution is 5.89. The molecule has 1 N–H and O–H groups in total. The second-order valence-electron chi connectivity index (χ2n) is 6.15. The molecule has 2 saturated heterocycles. The van der Waals surface area contributed by atoms with Crippen LogP contribution in [-0.4, -0.2) is 67.6 Å². The lowest BCUT2D eigenvalue weighted by molar-refractivity contribution is -0.136. The second kappa shape index (κ2) is 7.61. The summed E-state index contributed by atoms with van der Waals surface area (Å²) in [5.41, 5.74) is 0.463. The van der Waals surface area contributed by atoms with Crippen molar-refractivity contribution < 1.29 is 14.3 Å². The standard InChI is InChI=1S/C17H24N4O3/c1-2-24-17(23)13-4-5-15(19-12-13)20-6-3-7-21(9-8-20)16(22)14-10-18-11-14/h4-5,12,14,18H,2-3,6-11H2,1H3. The molecule has 130 valence electrons. The second-order valence-corrected chi connectivity index (χ2v) is 6.15. The number of pyridine rings is 1. The molecule has 1 aromatic rings. The summed E-state index contributed by atoms with van der Waals surface area (Å²) in [6, 6.07) is 3.59. The lowest BCUT2D eigenvalue weighted by Crippen LogP contribution is -2.52. The molecule has 0 atom stereocenters. The van der Waals surface area contributed by atoms with E-state index < -0.39 is 0 Å². The van der Waals surface area contributed by atoms with E-state index in [2.05, 4.69) is 15.2 Å². The minimum atomic E-state index is -0.349. The van der Waals surface area contributed by atoms with Crippen LogP contribution in [0.15, 0.2) is 18.3 Å². The van der Waals surface area contributed by atoms with E-state index in [9.17, 15) is 9.59 Å². The molecule has 2 fully saturated rings. The van der Waals surface area contributed by atoms with Gasteiger partial charge in [-0.25, -0.2) is 9.78 Å². The number of amides is 1. The third-order valence-corrected chi connectivity index (χ3v) is 4.52. The highest BCUT2D eigenvalue weighted by Gasteiger charge is 2.30. The van der Waals surface area contributed by atoms with Crippen LogP contribution in [0, 0.1) is 5.92 Å². The molecule has 7 nitrogen and oxygen atoms in total. The lowest BCUT2D eigenvalue weighted by atomic mass is 10.0. The van der Waals surface area contributed by atoms with Crippen molar-refractivity contribution >= 4 is 17.7 Å². The van der Waals surface area contributed by atoms with Crippen molar-refractivity contribution in [1.82, 2.24) is 15.2 Å². The number of ether oxygens (including phenoxy) is 1. The first-order valence-electron chi connectivity index (χ1n) is 8.56. The molecule has 0 unspecified atom stereocenters. The summed E-state index contributed by atoms with van der Waals surface area (Å²) in [7, 11) is 0. The van der Waals surface area contributed by atoms with E-state index in [0.717, 1.165) is 51.5 Å². The largest absolute Gasteiger partial charge is 0.462 e. The summed E-state index contributed by atoms with van der Waals surface area (Å²) in [4.78, 5) is 32.6. The number of nitrogens with one attached hydrogen (secondary N) is 1. The molecule has 0 bridgehead atoms. The molecule has 0 aromatic carbocycles. The van der Waals surface area contributed by atoms with Gasteiger partial charge in [0.1, 0.15) is 5.82 Å². The first-order chi connectivity index (χ1) is 11.7. The molecule has 0 saturated carbocycles.